The van der Waals surface area contributed by atoms with Crippen LogP contribution in [0.25, 0.3) is 0 Å². The highest BCUT2D eigenvalue weighted by Crippen LogP contribution is 2.43. The van der Waals surface area contributed by atoms with Crippen LogP contribution in [0.1, 0.15) is 58.3 Å². The van der Waals surface area contributed by atoms with E-state index in [1.165, 1.54) is 51.4 Å². The first-order valence-electron chi connectivity index (χ1n) is 8.81. The Hall–Kier alpha value is -0.120. The number of nitrogens with zero attached hydrogens (tertiary/aromatic N) is 1. The van der Waals surface area contributed by atoms with E-state index in [0.717, 1.165) is 38.1 Å². The van der Waals surface area contributed by atoms with Crippen molar-refractivity contribution >= 4 is 0 Å². The number of hydrogen-bond donors (Lipinski definition) is 1. The number of nitrogens with two attached hydrogens (primary N) is 1. The summed E-state index contributed by atoms with van der Waals surface area (Å²) in [5, 5.41) is 0. The van der Waals surface area contributed by atoms with E-state index < -0.39 is 0 Å². The third-order valence-corrected chi connectivity index (χ3v) is 6.30. The van der Waals surface area contributed by atoms with Gasteiger partial charge < -0.3 is 10.5 Å². The van der Waals surface area contributed by atoms with E-state index in [9.17, 15) is 0 Å². The Morgan fingerprint density at radius 1 is 1.05 bits per heavy atom. The second-order valence-electron chi connectivity index (χ2n) is 7.46. The maximum atomic E-state index is 6.88. The predicted octanol–water partition coefficient (Wildman–Crippen LogP) is 2.79. The first-order chi connectivity index (χ1) is 9.72. The van der Waals surface area contributed by atoms with Gasteiger partial charge in [-0.25, -0.2) is 0 Å². The Labute approximate surface area is 124 Å². The molecular formula is C17H32N2O. The van der Waals surface area contributed by atoms with Crippen molar-refractivity contribution in [3.8, 4) is 0 Å². The van der Waals surface area contributed by atoms with Crippen molar-refractivity contribution in [2.75, 3.05) is 26.3 Å². The maximum Gasteiger partial charge on any atom is 0.0594 e. The number of rotatable bonds is 3. The summed E-state index contributed by atoms with van der Waals surface area (Å²) in [6, 6.07) is 0.385. The molecule has 2 aliphatic carbocycles. The average Bonchev–Trinajstić information content (AvgIpc) is 2.99. The van der Waals surface area contributed by atoms with Gasteiger partial charge in [-0.2, -0.15) is 0 Å². The topological polar surface area (TPSA) is 38.5 Å². The Morgan fingerprint density at radius 3 is 2.25 bits per heavy atom. The zero-order valence-electron chi connectivity index (χ0n) is 13.2. The second-order valence-corrected chi connectivity index (χ2v) is 7.46. The van der Waals surface area contributed by atoms with Crippen LogP contribution in [0.2, 0.25) is 0 Å². The fourth-order valence-electron chi connectivity index (χ4n) is 4.94. The number of morpholine rings is 1. The van der Waals surface area contributed by atoms with Crippen LogP contribution in [0.3, 0.4) is 0 Å². The van der Waals surface area contributed by atoms with Gasteiger partial charge >= 0.3 is 0 Å². The van der Waals surface area contributed by atoms with Gasteiger partial charge in [-0.1, -0.05) is 32.6 Å². The molecule has 0 radical (unpaired) electrons. The largest absolute Gasteiger partial charge is 0.379 e. The zero-order chi connectivity index (χ0) is 14.0. The minimum atomic E-state index is 0.301. The monoisotopic (exact) mass is 280 g/mol. The van der Waals surface area contributed by atoms with E-state index >= 15 is 0 Å². The molecule has 1 aliphatic heterocycles. The van der Waals surface area contributed by atoms with E-state index in [0.29, 0.717) is 11.6 Å². The standard InChI is InChI=1S/C17H32N2O/c1-14-4-6-15(7-5-14)16(18)17(8-2-3-9-17)19-10-12-20-13-11-19/h14-16H,2-13,18H2,1H3. The first kappa shape index (κ1) is 14.8. The first-order valence-corrected chi connectivity index (χ1v) is 8.81. The molecule has 3 aliphatic rings. The molecule has 2 saturated carbocycles. The van der Waals surface area contributed by atoms with Crippen LogP contribution in [0.5, 0.6) is 0 Å². The van der Waals surface area contributed by atoms with Crippen molar-refractivity contribution in [2.45, 2.75) is 69.9 Å². The Bertz CT molecular complexity index is 300. The maximum absolute atomic E-state index is 6.88. The summed E-state index contributed by atoms with van der Waals surface area (Å²) in [6.07, 6.45) is 10.9. The Balaban J connectivity index is 1.72. The van der Waals surface area contributed by atoms with Crippen molar-refractivity contribution in [1.82, 2.24) is 4.90 Å². The van der Waals surface area contributed by atoms with E-state index in [1.54, 1.807) is 0 Å². The van der Waals surface area contributed by atoms with Crippen molar-refractivity contribution in [3.63, 3.8) is 0 Å². The molecule has 116 valence electrons. The van der Waals surface area contributed by atoms with Gasteiger partial charge in [0.1, 0.15) is 0 Å². The molecule has 1 unspecified atom stereocenters. The zero-order valence-corrected chi connectivity index (χ0v) is 13.2. The third kappa shape index (κ3) is 2.77. The van der Waals surface area contributed by atoms with Gasteiger partial charge in [-0.3, -0.25) is 4.90 Å². The Morgan fingerprint density at radius 2 is 1.65 bits per heavy atom. The molecule has 20 heavy (non-hydrogen) atoms. The molecule has 3 heteroatoms. The van der Waals surface area contributed by atoms with Crippen LogP contribution in [-0.2, 0) is 4.74 Å². The molecule has 1 heterocycles. The molecule has 0 bridgehead atoms. The summed E-state index contributed by atoms with van der Waals surface area (Å²) < 4.78 is 5.56. The number of hydrogen-bond acceptors (Lipinski definition) is 3. The minimum Gasteiger partial charge on any atom is -0.379 e. The molecule has 1 saturated heterocycles. The second kappa shape index (κ2) is 6.33. The van der Waals surface area contributed by atoms with Gasteiger partial charge in [0.25, 0.3) is 0 Å². The van der Waals surface area contributed by atoms with Gasteiger partial charge in [-0.15, -0.1) is 0 Å². The molecular weight excluding hydrogens is 248 g/mol. The average molecular weight is 280 g/mol. The molecule has 3 nitrogen and oxygen atoms in total. The van der Waals surface area contributed by atoms with E-state index in [-0.39, 0.29) is 0 Å². The highest BCUT2D eigenvalue weighted by atomic mass is 16.5. The quantitative estimate of drug-likeness (QED) is 0.864. The van der Waals surface area contributed by atoms with E-state index in [2.05, 4.69) is 11.8 Å². The van der Waals surface area contributed by atoms with Crippen LogP contribution in [0.4, 0.5) is 0 Å². The predicted molar refractivity (Wildman–Crippen MR) is 82.7 cm³/mol. The van der Waals surface area contributed by atoms with Gasteiger partial charge in [-0.05, 0) is 37.5 Å². The summed E-state index contributed by atoms with van der Waals surface area (Å²) in [4.78, 5) is 2.70. The van der Waals surface area contributed by atoms with E-state index in [1.807, 2.05) is 0 Å². The van der Waals surface area contributed by atoms with Gasteiger partial charge in [0.2, 0.25) is 0 Å². The smallest absolute Gasteiger partial charge is 0.0594 e. The lowest BCUT2D eigenvalue weighted by molar-refractivity contribution is -0.0414. The third-order valence-electron chi connectivity index (χ3n) is 6.30. The lowest BCUT2D eigenvalue weighted by Gasteiger charge is -2.50. The Kier molecular flexibility index (Phi) is 4.68. The van der Waals surface area contributed by atoms with Crippen molar-refractivity contribution in [2.24, 2.45) is 17.6 Å². The molecule has 0 amide bonds. The lowest BCUT2D eigenvalue weighted by atomic mass is 9.71. The highest BCUT2D eigenvalue weighted by Gasteiger charge is 2.47. The molecule has 0 aromatic rings. The van der Waals surface area contributed by atoms with Gasteiger partial charge in [0.15, 0.2) is 0 Å². The van der Waals surface area contributed by atoms with Crippen molar-refractivity contribution < 1.29 is 4.74 Å². The summed E-state index contributed by atoms with van der Waals surface area (Å²) in [7, 11) is 0. The molecule has 0 aromatic carbocycles. The summed E-state index contributed by atoms with van der Waals surface area (Å²) in [6.45, 7) is 6.38. The fraction of sp³-hybridized carbons (Fsp3) is 1.00. The molecule has 1 atom stereocenters. The number of ether oxygens (including phenoxy) is 1. The normalized spacial score (nSPS) is 36.9. The summed E-state index contributed by atoms with van der Waals surface area (Å²) in [5.74, 6) is 1.67. The SMILES string of the molecule is CC1CCC(C(N)C2(N3CCOCC3)CCCC2)CC1. The molecule has 3 rings (SSSR count). The van der Waals surface area contributed by atoms with Gasteiger partial charge in [0, 0.05) is 24.7 Å². The van der Waals surface area contributed by atoms with Crippen LogP contribution >= 0.6 is 0 Å². The van der Waals surface area contributed by atoms with Crippen LogP contribution in [0, 0.1) is 11.8 Å². The van der Waals surface area contributed by atoms with Crippen molar-refractivity contribution in [3.05, 3.63) is 0 Å². The molecule has 3 fully saturated rings. The highest BCUT2D eigenvalue weighted by molar-refractivity contribution is 5.05. The lowest BCUT2D eigenvalue weighted by Crippen LogP contribution is -2.63. The van der Waals surface area contributed by atoms with Crippen LogP contribution in [-0.4, -0.2) is 42.8 Å². The summed E-state index contributed by atoms with van der Waals surface area (Å²) in [5.41, 5.74) is 7.18. The minimum absolute atomic E-state index is 0.301. The van der Waals surface area contributed by atoms with Crippen molar-refractivity contribution in [1.29, 1.82) is 0 Å². The molecule has 0 spiro atoms. The molecule has 0 aromatic heterocycles. The van der Waals surface area contributed by atoms with Crippen LogP contribution in [0.15, 0.2) is 0 Å². The van der Waals surface area contributed by atoms with E-state index in [4.69, 9.17) is 10.5 Å². The molecule has 2 N–H and O–H groups in total. The fourth-order valence-corrected chi connectivity index (χ4v) is 4.94. The van der Waals surface area contributed by atoms with Crippen LogP contribution < -0.4 is 5.73 Å². The summed E-state index contributed by atoms with van der Waals surface area (Å²) >= 11 is 0. The van der Waals surface area contributed by atoms with Gasteiger partial charge in [0.05, 0.1) is 13.2 Å².